The molecule has 0 aliphatic rings. The van der Waals surface area contributed by atoms with Crippen LogP contribution in [0.3, 0.4) is 0 Å². The minimum absolute atomic E-state index is 0.493. The molecule has 0 unspecified atom stereocenters. The van der Waals surface area contributed by atoms with Gasteiger partial charge < -0.3 is 15.9 Å². The van der Waals surface area contributed by atoms with E-state index in [1.54, 1.807) is 30.5 Å². The number of aryl methyl sites for hydroxylation is 1. The molecule has 4 N–H and O–H groups in total. The van der Waals surface area contributed by atoms with Gasteiger partial charge in [-0.15, -0.1) is 0 Å². The zero-order chi connectivity index (χ0) is 14.1. The fourth-order valence-electron chi connectivity index (χ4n) is 2.04. The first-order valence-corrected chi connectivity index (χ1v) is 6.19. The maximum Gasteiger partial charge on any atom is 0.164 e. The highest BCUT2D eigenvalue weighted by atomic mass is 16.3. The molecule has 20 heavy (non-hydrogen) atoms. The van der Waals surface area contributed by atoms with Gasteiger partial charge in [-0.05, 0) is 37.3 Å². The molecule has 1 aromatic carbocycles. The summed E-state index contributed by atoms with van der Waals surface area (Å²) in [6, 6.07) is 10.9. The largest absolute Gasteiger partial charge is 0.460 e. The monoisotopic (exact) mass is 266 g/mol. The second-order valence-electron chi connectivity index (χ2n) is 4.49. The van der Waals surface area contributed by atoms with Crippen molar-refractivity contribution in [2.45, 2.75) is 6.92 Å². The molecule has 0 atom stereocenters. The van der Waals surface area contributed by atoms with Gasteiger partial charge in [-0.2, -0.15) is 0 Å². The third-order valence-electron chi connectivity index (χ3n) is 3.00. The Morgan fingerprint density at radius 2 is 1.75 bits per heavy atom. The van der Waals surface area contributed by atoms with Gasteiger partial charge in [-0.25, -0.2) is 9.97 Å². The summed E-state index contributed by atoms with van der Waals surface area (Å²) in [5, 5.41) is 0. The van der Waals surface area contributed by atoms with E-state index in [2.05, 4.69) is 9.97 Å². The van der Waals surface area contributed by atoms with Crippen LogP contribution in [-0.4, -0.2) is 9.97 Å². The summed E-state index contributed by atoms with van der Waals surface area (Å²) < 4.78 is 5.57. The molecular formula is C15H14N4O. The number of anilines is 2. The molecule has 0 saturated heterocycles. The van der Waals surface area contributed by atoms with Gasteiger partial charge in [-0.3, -0.25) is 0 Å². The van der Waals surface area contributed by atoms with Crippen molar-refractivity contribution in [1.29, 1.82) is 0 Å². The average Bonchev–Trinajstić information content (AvgIpc) is 2.86. The highest BCUT2D eigenvalue weighted by Crippen LogP contribution is 2.30. The lowest BCUT2D eigenvalue weighted by atomic mass is 10.1. The summed E-state index contributed by atoms with van der Waals surface area (Å²) in [6.07, 6.45) is 1.67. The highest BCUT2D eigenvalue weighted by Gasteiger charge is 2.12. The molecule has 0 fully saturated rings. The Morgan fingerprint density at radius 3 is 2.40 bits per heavy atom. The molecule has 3 rings (SSSR count). The molecule has 3 aromatic rings. The van der Waals surface area contributed by atoms with Crippen LogP contribution in [-0.2, 0) is 0 Å². The fourth-order valence-corrected chi connectivity index (χ4v) is 2.04. The molecule has 0 spiro atoms. The molecule has 2 heterocycles. The Bertz CT molecular complexity index is 744. The SMILES string of the molecule is Cc1ccc(-c2ccnc(-c3c(N)cccc3N)n2)o1. The summed E-state index contributed by atoms with van der Waals surface area (Å²) in [7, 11) is 0. The zero-order valence-corrected chi connectivity index (χ0v) is 11.0. The first kappa shape index (κ1) is 12.2. The first-order chi connectivity index (χ1) is 9.65. The Morgan fingerprint density at radius 1 is 1.00 bits per heavy atom. The van der Waals surface area contributed by atoms with Crippen molar-refractivity contribution >= 4 is 11.4 Å². The molecular weight excluding hydrogens is 252 g/mol. The second-order valence-corrected chi connectivity index (χ2v) is 4.49. The highest BCUT2D eigenvalue weighted by molar-refractivity contribution is 5.83. The van der Waals surface area contributed by atoms with Gasteiger partial charge in [0.15, 0.2) is 11.6 Å². The summed E-state index contributed by atoms with van der Waals surface area (Å²) >= 11 is 0. The number of aromatic nitrogens is 2. The number of nitrogens with two attached hydrogens (primary N) is 2. The summed E-state index contributed by atoms with van der Waals surface area (Å²) in [6.45, 7) is 1.89. The predicted octanol–water partition coefficient (Wildman–Crippen LogP) is 2.88. The summed E-state index contributed by atoms with van der Waals surface area (Å²) in [5.74, 6) is 2.02. The number of hydrogen-bond donors (Lipinski definition) is 2. The van der Waals surface area contributed by atoms with Gasteiger partial charge >= 0.3 is 0 Å². The van der Waals surface area contributed by atoms with E-state index in [1.807, 2.05) is 19.1 Å². The van der Waals surface area contributed by atoms with Crippen LogP contribution in [0.25, 0.3) is 22.8 Å². The predicted molar refractivity (Wildman–Crippen MR) is 78.7 cm³/mol. The quantitative estimate of drug-likeness (QED) is 0.696. The van der Waals surface area contributed by atoms with Crippen molar-refractivity contribution in [3.63, 3.8) is 0 Å². The molecule has 0 aliphatic carbocycles. The van der Waals surface area contributed by atoms with Crippen molar-refractivity contribution < 1.29 is 4.42 Å². The standard InChI is InChI=1S/C15H14N4O/c1-9-5-6-13(20-9)12-7-8-18-15(19-12)14-10(16)3-2-4-11(14)17/h2-8H,16-17H2,1H3. The molecule has 5 nitrogen and oxygen atoms in total. The lowest BCUT2D eigenvalue weighted by molar-refractivity contribution is 0.546. The van der Waals surface area contributed by atoms with E-state index >= 15 is 0 Å². The number of hydrogen-bond acceptors (Lipinski definition) is 5. The number of rotatable bonds is 2. The number of benzene rings is 1. The van der Waals surface area contributed by atoms with Gasteiger partial charge in [0.05, 0.1) is 5.56 Å². The third-order valence-corrected chi connectivity index (χ3v) is 3.00. The van der Waals surface area contributed by atoms with E-state index in [-0.39, 0.29) is 0 Å². The minimum Gasteiger partial charge on any atom is -0.460 e. The van der Waals surface area contributed by atoms with Gasteiger partial charge in [0.1, 0.15) is 11.5 Å². The van der Waals surface area contributed by atoms with Gasteiger partial charge in [0, 0.05) is 17.6 Å². The van der Waals surface area contributed by atoms with Crippen molar-refractivity contribution in [2.75, 3.05) is 11.5 Å². The summed E-state index contributed by atoms with van der Waals surface area (Å²) in [5.41, 5.74) is 14.4. The molecule has 0 radical (unpaired) electrons. The van der Waals surface area contributed by atoms with Crippen LogP contribution in [0.5, 0.6) is 0 Å². The third kappa shape index (κ3) is 2.09. The molecule has 5 heteroatoms. The van der Waals surface area contributed by atoms with Crippen LogP contribution in [0.15, 0.2) is 47.0 Å². The zero-order valence-electron chi connectivity index (χ0n) is 11.0. The van der Waals surface area contributed by atoms with Crippen LogP contribution in [0.1, 0.15) is 5.76 Å². The molecule has 0 saturated carbocycles. The van der Waals surface area contributed by atoms with Crippen molar-refractivity contribution in [1.82, 2.24) is 9.97 Å². The van der Waals surface area contributed by atoms with Crippen molar-refractivity contribution in [3.8, 4) is 22.8 Å². The van der Waals surface area contributed by atoms with Crippen LogP contribution in [0, 0.1) is 6.92 Å². The second kappa shape index (κ2) is 4.70. The Hall–Kier alpha value is -2.82. The van der Waals surface area contributed by atoms with E-state index in [0.29, 0.717) is 34.2 Å². The van der Waals surface area contributed by atoms with Gasteiger partial charge in [0.25, 0.3) is 0 Å². The topological polar surface area (TPSA) is 91.0 Å². The van der Waals surface area contributed by atoms with Crippen molar-refractivity contribution in [2.24, 2.45) is 0 Å². The molecule has 0 bridgehead atoms. The minimum atomic E-state index is 0.493. The van der Waals surface area contributed by atoms with Crippen LogP contribution >= 0.6 is 0 Å². The fraction of sp³-hybridized carbons (Fsp3) is 0.0667. The maximum atomic E-state index is 5.96. The number of furan rings is 1. The first-order valence-electron chi connectivity index (χ1n) is 6.19. The number of nitrogen functional groups attached to an aromatic ring is 2. The van der Waals surface area contributed by atoms with Gasteiger partial charge in [-0.1, -0.05) is 6.07 Å². The van der Waals surface area contributed by atoms with E-state index in [0.717, 1.165) is 5.76 Å². The number of nitrogens with zero attached hydrogens (tertiary/aromatic N) is 2. The lowest BCUT2D eigenvalue weighted by Gasteiger charge is -2.08. The lowest BCUT2D eigenvalue weighted by Crippen LogP contribution is -1.99. The van der Waals surface area contributed by atoms with Crippen LogP contribution in [0.2, 0.25) is 0 Å². The average molecular weight is 266 g/mol. The van der Waals surface area contributed by atoms with Gasteiger partial charge in [0.2, 0.25) is 0 Å². The molecule has 0 amide bonds. The molecule has 0 aliphatic heterocycles. The van der Waals surface area contributed by atoms with Crippen LogP contribution < -0.4 is 11.5 Å². The molecule has 100 valence electrons. The molecule has 2 aromatic heterocycles. The smallest absolute Gasteiger partial charge is 0.164 e. The van der Waals surface area contributed by atoms with E-state index < -0.39 is 0 Å². The van der Waals surface area contributed by atoms with E-state index in [9.17, 15) is 0 Å². The Balaban J connectivity index is 2.12. The van der Waals surface area contributed by atoms with Crippen molar-refractivity contribution in [3.05, 3.63) is 48.4 Å². The van der Waals surface area contributed by atoms with E-state index in [1.165, 1.54) is 0 Å². The Kier molecular flexibility index (Phi) is 2.87. The van der Waals surface area contributed by atoms with Crippen LogP contribution in [0.4, 0.5) is 11.4 Å². The summed E-state index contributed by atoms with van der Waals surface area (Å²) in [4.78, 5) is 8.73. The normalized spacial score (nSPS) is 10.7. The Labute approximate surface area is 116 Å². The maximum absolute atomic E-state index is 5.96. The van der Waals surface area contributed by atoms with E-state index in [4.69, 9.17) is 15.9 Å².